The van der Waals surface area contributed by atoms with E-state index in [9.17, 15) is 0 Å². The average molecular weight is 182 g/mol. The van der Waals surface area contributed by atoms with Crippen molar-refractivity contribution in [1.29, 1.82) is 0 Å². The van der Waals surface area contributed by atoms with Crippen LogP contribution in [-0.2, 0) is 7.05 Å². The molecule has 0 radical (unpaired) electrons. The molecule has 0 amide bonds. The molecule has 0 saturated carbocycles. The predicted molar refractivity (Wildman–Crippen MR) is 58.2 cm³/mol. The monoisotopic (exact) mass is 182 g/mol. The molecular formula is C12H10N2. The van der Waals surface area contributed by atoms with E-state index >= 15 is 0 Å². The summed E-state index contributed by atoms with van der Waals surface area (Å²) in [5.74, 6) is 0. The third-order valence-electron chi connectivity index (χ3n) is 2.64. The van der Waals surface area contributed by atoms with Crippen molar-refractivity contribution in [2.24, 2.45) is 7.05 Å². The lowest BCUT2D eigenvalue weighted by molar-refractivity contribution is 0.970. The normalized spacial score (nSPS) is 11.2. The maximum atomic E-state index is 4.12. The molecule has 2 aromatic heterocycles. The van der Waals surface area contributed by atoms with Crippen LogP contribution in [0.2, 0.25) is 0 Å². The molecule has 2 heteroatoms. The molecule has 2 heterocycles. The third-order valence-corrected chi connectivity index (χ3v) is 2.64. The molecule has 3 rings (SSSR count). The number of hydrogen-bond acceptors (Lipinski definition) is 1. The van der Waals surface area contributed by atoms with Crippen LogP contribution in [0.1, 0.15) is 0 Å². The summed E-state index contributed by atoms with van der Waals surface area (Å²) in [6.45, 7) is 0. The number of aromatic nitrogens is 2. The SMILES string of the molecule is Cn1ccc2cc3cnccc3cc21. The first-order chi connectivity index (χ1) is 6.84. The van der Waals surface area contributed by atoms with Gasteiger partial charge in [0.25, 0.3) is 0 Å². The van der Waals surface area contributed by atoms with Gasteiger partial charge in [-0.05, 0) is 29.7 Å². The molecular weight excluding hydrogens is 172 g/mol. The van der Waals surface area contributed by atoms with Crippen molar-refractivity contribution in [3.63, 3.8) is 0 Å². The van der Waals surface area contributed by atoms with E-state index in [-0.39, 0.29) is 0 Å². The Kier molecular flexibility index (Phi) is 1.39. The Labute approximate surface area is 81.8 Å². The molecule has 2 nitrogen and oxygen atoms in total. The molecule has 3 aromatic rings. The fourth-order valence-electron chi connectivity index (χ4n) is 1.85. The number of rotatable bonds is 0. The predicted octanol–water partition coefficient (Wildman–Crippen LogP) is 2.73. The highest BCUT2D eigenvalue weighted by Crippen LogP contribution is 2.22. The lowest BCUT2D eigenvalue weighted by Gasteiger charge is -1.99. The van der Waals surface area contributed by atoms with Gasteiger partial charge in [0.1, 0.15) is 0 Å². The number of benzene rings is 1. The van der Waals surface area contributed by atoms with Gasteiger partial charge in [-0.2, -0.15) is 0 Å². The van der Waals surface area contributed by atoms with Gasteiger partial charge in [-0.1, -0.05) is 0 Å². The van der Waals surface area contributed by atoms with E-state index < -0.39 is 0 Å². The largest absolute Gasteiger partial charge is 0.351 e. The Hall–Kier alpha value is -1.83. The van der Waals surface area contributed by atoms with E-state index in [1.807, 2.05) is 18.5 Å². The van der Waals surface area contributed by atoms with E-state index in [1.165, 1.54) is 21.7 Å². The zero-order valence-corrected chi connectivity index (χ0v) is 7.94. The zero-order valence-electron chi connectivity index (χ0n) is 7.94. The lowest BCUT2D eigenvalue weighted by Crippen LogP contribution is -1.83. The minimum Gasteiger partial charge on any atom is -0.351 e. The number of nitrogens with zero attached hydrogens (tertiary/aromatic N) is 2. The fourth-order valence-corrected chi connectivity index (χ4v) is 1.85. The van der Waals surface area contributed by atoms with Gasteiger partial charge in [0.05, 0.1) is 0 Å². The smallest absolute Gasteiger partial charge is 0.0484 e. The summed E-state index contributed by atoms with van der Waals surface area (Å²) in [7, 11) is 2.06. The van der Waals surface area contributed by atoms with Crippen molar-refractivity contribution in [2.45, 2.75) is 0 Å². The molecule has 0 saturated heterocycles. The lowest BCUT2D eigenvalue weighted by atomic mass is 10.1. The van der Waals surface area contributed by atoms with E-state index in [2.05, 4.69) is 41.0 Å². The molecule has 68 valence electrons. The maximum absolute atomic E-state index is 4.12. The molecule has 0 atom stereocenters. The Balaban J connectivity index is 2.54. The summed E-state index contributed by atoms with van der Waals surface area (Å²) in [5, 5.41) is 3.72. The van der Waals surface area contributed by atoms with Gasteiger partial charge in [0.15, 0.2) is 0 Å². The molecule has 0 aliphatic carbocycles. The van der Waals surface area contributed by atoms with Gasteiger partial charge in [-0.15, -0.1) is 0 Å². The van der Waals surface area contributed by atoms with Gasteiger partial charge < -0.3 is 4.57 Å². The molecule has 0 N–H and O–H groups in total. The number of fused-ring (bicyclic) bond motifs is 2. The van der Waals surface area contributed by atoms with Crippen LogP contribution in [0, 0.1) is 0 Å². The van der Waals surface area contributed by atoms with E-state index in [1.54, 1.807) is 0 Å². The van der Waals surface area contributed by atoms with Crippen molar-refractivity contribution in [1.82, 2.24) is 9.55 Å². The first-order valence-corrected chi connectivity index (χ1v) is 4.63. The van der Waals surface area contributed by atoms with Crippen LogP contribution in [0.15, 0.2) is 42.9 Å². The number of hydrogen-bond donors (Lipinski definition) is 0. The third kappa shape index (κ3) is 0.940. The van der Waals surface area contributed by atoms with Crippen LogP contribution in [0.3, 0.4) is 0 Å². The second-order valence-corrected chi connectivity index (χ2v) is 3.56. The summed E-state index contributed by atoms with van der Waals surface area (Å²) in [6, 6.07) is 8.55. The summed E-state index contributed by atoms with van der Waals surface area (Å²) >= 11 is 0. The summed E-state index contributed by atoms with van der Waals surface area (Å²) in [4.78, 5) is 4.12. The van der Waals surface area contributed by atoms with Gasteiger partial charge in [0, 0.05) is 41.9 Å². The van der Waals surface area contributed by atoms with Gasteiger partial charge in [0.2, 0.25) is 0 Å². The van der Waals surface area contributed by atoms with Crippen LogP contribution < -0.4 is 0 Å². The van der Waals surface area contributed by atoms with Crippen LogP contribution in [-0.4, -0.2) is 9.55 Å². The van der Waals surface area contributed by atoms with Crippen molar-refractivity contribution >= 4 is 21.7 Å². The Morgan fingerprint density at radius 2 is 2.00 bits per heavy atom. The van der Waals surface area contributed by atoms with Crippen molar-refractivity contribution in [2.75, 3.05) is 0 Å². The first kappa shape index (κ1) is 7.56. The standard InChI is InChI=1S/C12H10N2/c1-14-5-3-10-6-11-8-13-4-2-9(11)7-12(10)14/h2-8H,1H3. The average Bonchev–Trinajstić information content (AvgIpc) is 2.57. The van der Waals surface area contributed by atoms with E-state index in [0.717, 1.165) is 0 Å². The molecule has 0 aliphatic heterocycles. The summed E-state index contributed by atoms with van der Waals surface area (Å²) < 4.78 is 2.13. The quantitative estimate of drug-likeness (QED) is 0.522. The fraction of sp³-hybridized carbons (Fsp3) is 0.0833. The van der Waals surface area contributed by atoms with Crippen LogP contribution >= 0.6 is 0 Å². The molecule has 1 aromatic carbocycles. The van der Waals surface area contributed by atoms with Crippen LogP contribution in [0.25, 0.3) is 21.7 Å². The van der Waals surface area contributed by atoms with E-state index in [0.29, 0.717) is 0 Å². The molecule has 0 spiro atoms. The van der Waals surface area contributed by atoms with Gasteiger partial charge in [-0.25, -0.2) is 0 Å². The molecule has 14 heavy (non-hydrogen) atoms. The van der Waals surface area contributed by atoms with Crippen LogP contribution in [0.4, 0.5) is 0 Å². The maximum Gasteiger partial charge on any atom is 0.0484 e. The van der Waals surface area contributed by atoms with Crippen molar-refractivity contribution < 1.29 is 0 Å². The van der Waals surface area contributed by atoms with E-state index in [4.69, 9.17) is 0 Å². The van der Waals surface area contributed by atoms with Gasteiger partial charge in [-0.3, -0.25) is 4.98 Å². The second kappa shape index (κ2) is 2.58. The molecule has 0 unspecified atom stereocenters. The number of pyridine rings is 1. The zero-order chi connectivity index (χ0) is 9.54. The van der Waals surface area contributed by atoms with Crippen molar-refractivity contribution in [3.8, 4) is 0 Å². The van der Waals surface area contributed by atoms with Crippen LogP contribution in [0.5, 0.6) is 0 Å². The molecule has 0 aliphatic rings. The first-order valence-electron chi connectivity index (χ1n) is 4.63. The number of aryl methyl sites for hydroxylation is 1. The van der Waals surface area contributed by atoms with Gasteiger partial charge >= 0.3 is 0 Å². The molecule has 0 fully saturated rings. The minimum atomic E-state index is 1.20. The second-order valence-electron chi connectivity index (χ2n) is 3.56. The highest BCUT2D eigenvalue weighted by Gasteiger charge is 1.99. The molecule has 0 bridgehead atoms. The minimum absolute atomic E-state index is 1.20. The highest BCUT2D eigenvalue weighted by molar-refractivity contribution is 5.96. The summed E-state index contributed by atoms with van der Waals surface area (Å²) in [5.41, 5.74) is 1.27. The Bertz CT molecular complexity index is 608. The van der Waals surface area contributed by atoms with Crippen molar-refractivity contribution in [3.05, 3.63) is 42.9 Å². The Morgan fingerprint density at radius 3 is 2.93 bits per heavy atom. The highest BCUT2D eigenvalue weighted by atomic mass is 14.9. The topological polar surface area (TPSA) is 17.8 Å². The Morgan fingerprint density at radius 1 is 1.07 bits per heavy atom. The summed E-state index contributed by atoms with van der Waals surface area (Å²) in [6.07, 6.45) is 5.82.